The fraction of sp³-hybridized carbons (Fsp3) is 0.545. The van der Waals surface area contributed by atoms with E-state index in [1.165, 1.54) is 47.5 Å². The first-order chi connectivity index (χ1) is 20.6. The Balaban J connectivity index is 0.000000263. The van der Waals surface area contributed by atoms with E-state index in [4.69, 9.17) is 51.0 Å². The van der Waals surface area contributed by atoms with Gasteiger partial charge in [0, 0.05) is 19.3 Å². The lowest BCUT2D eigenvalue weighted by atomic mass is 10.3. The minimum atomic E-state index is -3.59. The molecule has 2 aromatic rings. The van der Waals surface area contributed by atoms with E-state index in [1.54, 1.807) is 0 Å². The number of aromatic nitrogens is 4. The number of rotatable bonds is 8. The zero-order chi connectivity index (χ0) is 32.9. The van der Waals surface area contributed by atoms with Crippen LogP contribution in [-0.2, 0) is 59.6 Å². The second-order valence-electron chi connectivity index (χ2n) is 8.97. The lowest BCUT2D eigenvalue weighted by Gasteiger charge is -2.28. The number of Topliss-reactive ketones (excluding diaryl/α,β-unsaturated/α-hetero) is 1. The number of nitrogens with zero attached hydrogens (tertiary/aromatic N) is 4. The van der Waals surface area contributed by atoms with E-state index < -0.39 is 38.8 Å². The smallest absolute Gasteiger partial charge is 0.356 e. The van der Waals surface area contributed by atoms with Gasteiger partial charge in [0.05, 0.1) is 26.3 Å². The van der Waals surface area contributed by atoms with E-state index in [9.17, 15) is 28.3 Å². The Kier molecular flexibility index (Phi) is 14.8. The first kappa shape index (κ1) is 37.2. The number of alkyl halides is 1. The van der Waals surface area contributed by atoms with E-state index in [0.29, 0.717) is 0 Å². The molecule has 2 saturated heterocycles. The number of esters is 1. The number of hydrogen-bond acceptors (Lipinski definition) is 16. The second kappa shape index (κ2) is 17.5. The topological polar surface area (TPSA) is 266 Å². The van der Waals surface area contributed by atoms with Crippen molar-refractivity contribution in [2.75, 3.05) is 50.0 Å². The summed E-state index contributed by atoms with van der Waals surface area (Å²) in [7, 11) is -6.99. The molecule has 2 aliphatic heterocycles. The van der Waals surface area contributed by atoms with Gasteiger partial charge in [0.1, 0.15) is 43.1 Å². The van der Waals surface area contributed by atoms with E-state index in [-0.39, 0.29) is 75.1 Å². The quantitative estimate of drug-likeness (QED) is 0.189. The molecule has 2 aliphatic rings. The summed E-state index contributed by atoms with van der Waals surface area (Å²) in [6.07, 6.45) is 1.44. The highest BCUT2D eigenvalue weighted by Crippen LogP contribution is 2.50. The average molecular weight is 687 g/mol. The van der Waals surface area contributed by atoms with Gasteiger partial charge in [-0.15, -0.1) is 0 Å². The van der Waals surface area contributed by atoms with Crippen LogP contribution in [0.3, 0.4) is 0 Å². The number of nitrogen functional groups attached to an aromatic ring is 2. The molecule has 0 aromatic carbocycles. The van der Waals surface area contributed by atoms with Crippen LogP contribution in [0.2, 0.25) is 0 Å². The zero-order valence-electron chi connectivity index (χ0n) is 23.7. The third-order valence-corrected chi connectivity index (χ3v) is 7.84. The van der Waals surface area contributed by atoms with Crippen molar-refractivity contribution in [2.45, 2.75) is 39.1 Å². The molecule has 22 heteroatoms. The molecule has 0 amide bonds. The Morgan fingerprint density at radius 3 is 1.82 bits per heavy atom. The van der Waals surface area contributed by atoms with Gasteiger partial charge >= 0.3 is 32.5 Å². The average Bonchev–Trinajstić information content (AvgIpc) is 2.94. The number of nitrogens with two attached hydrogens (primary N) is 2. The maximum atomic E-state index is 12.0. The lowest BCUT2D eigenvalue weighted by molar-refractivity contribution is -0.138. The van der Waals surface area contributed by atoms with Crippen LogP contribution in [0.15, 0.2) is 34.1 Å². The van der Waals surface area contributed by atoms with Gasteiger partial charge in [-0.25, -0.2) is 9.59 Å². The van der Waals surface area contributed by atoms with Gasteiger partial charge in [-0.2, -0.15) is 9.97 Å². The number of ether oxygens (including phenoxy) is 3. The molecule has 5 N–H and O–H groups in total. The highest BCUT2D eigenvalue weighted by atomic mass is 35.5. The van der Waals surface area contributed by atoms with Crippen LogP contribution in [0.4, 0.5) is 11.6 Å². The van der Waals surface area contributed by atoms with E-state index in [2.05, 4.69) is 14.7 Å². The normalized spacial score (nSPS) is 24.5. The fourth-order valence-corrected chi connectivity index (χ4v) is 5.53. The van der Waals surface area contributed by atoms with Crippen molar-refractivity contribution in [1.29, 1.82) is 0 Å². The van der Waals surface area contributed by atoms with Crippen LogP contribution < -0.4 is 22.8 Å². The van der Waals surface area contributed by atoms with Crippen molar-refractivity contribution in [3.05, 3.63) is 45.5 Å². The molecule has 246 valence electrons. The Morgan fingerprint density at radius 2 is 1.48 bits per heavy atom. The predicted octanol–water partition coefficient (Wildman–Crippen LogP) is 0.127. The molecule has 4 unspecified atom stereocenters. The Bertz CT molecular complexity index is 1460. The molecule has 0 spiro atoms. The maximum absolute atomic E-state index is 12.0. The molecule has 4 rings (SSSR count). The maximum Gasteiger partial charge on any atom is 0.356 e. The monoisotopic (exact) mass is 686 g/mol. The first-order valence-corrected chi connectivity index (χ1v) is 16.6. The number of hydrogen-bond donors (Lipinski definition) is 3. The summed E-state index contributed by atoms with van der Waals surface area (Å²) < 4.78 is 55.2. The molecule has 0 aliphatic carbocycles. The SMILES string of the molecule is CC(=O)COP1(=O)COC(Cn2ccc(N)nc2=O)CO1.CC(=O)OCCl.Nc1ccn(CC2COP(=O)(O)CO2)c(=O)n1. The third kappa shape index (κ3) is 13.8. The van der Waals surface area contributed by atoms with E-state index in [1.807, 2.05) is 0 Å². The van der Waals surface area contributed by atoms with Gasteiger partial charge in [-0.1, -0.05) is 11.6 Å². The van der Waals surface area contributed by atoms with Gasteiger partial charge in [0.15, 0.2) is 11.8 Å². The highest BCUT2D eigenvalue weighted by molar-refractivity contribution is 7.53. The Labute approximate surface area is 255 Å². The molecule has 2 fully saturated rings. The highest BCUT2D eigenvalue weighted by Gasteiger charge is 2.34. The van der Waals surface area contributed by atoms with Crippen LogP contribution in [-0.4, -0.2) is 86.5 Å². The minimum absolute atomic E-state index is 0.00794. The van der Waals surface area contributed by atoms with Gasteiger partial charge in [-0.3, -0.25) is 32.4 Å². The van der Waals surface area contributed by atoms with Crippen LogP contribution in [0, 0.1) is 0 Å². The van der Waals surface area contributed by atoms with E-state index in [0.717, 1.165) is 0 Å². The molecule has 2 aromatic heterocycles. The summed E-state index contributed by atoms with van der Waals surface area (Å²) in [5.41, 5.74) is 9.74. The molecule has 4 heterocycles. The number of ketones is 1. The van der Waals surface area contributed by atoms with Crippen molar-refractivity contribution < 1.29 is 51.4 Å². The van der Waals surface area contributed by atoms with Crippen LogP contribution in [0.1, 0.15) is 13.8 Å². The van der Waals surface area contributed by atoms with Crippen LogP contribution >= 0.6 is 26.8 Å². The third-order valence-electron chi connectivity index (χ3n) is 5.18. The van der Waals surface area contributed by atoms with E-state index >= 15 is 0 Å². The van der Waals surface area contributed by atoms with Crippen LogP contribution in [0.5, 0.6) is 0 Å². The van der Waals surface area contributed by atoms with Gasteiger partial charge in [0.2, 0.25) is 0 Å². The minimum Gasteiger partial charge on any atom is -0.450 e. The zero-order valence-corrected chi connectivity index (χ0v) is 26.2. The molecular weight excluding hydrogens is 654 g/mol. The number of carbonyl (C=O) groups is 2. The Hall–Kier alpha value is -2.99. The first-order valence-electron chi connectivity index (χ1n) is 12.5. The molecule has 19 nitrogen and oxygen atoms in total. The number of anilines is 2. The van der Waals surface area contributed by atoms with Crippen molar-refractivity contribution >= 4 is 50.2 Å². The molecule has 0 bridgehead atoms. The summed E-state index contributed by atoms with van der Waals surface area (Å²) >= 11 is 4.95. The molecule has 0 saturated carbocycles. The summed E-state index contributed by atoms with van der Waals surface area (Å²) in [5, 5.41) is 0. The summed E-state index contributed by atoms with van der Waals surface area (Å²) in [6, 6.07) is 2.93. The Morgan fingerprint density at radius 1 is 0.977 bits per heavy atom. The fourth-order valence-electron chi connectivity index (χ4n) is 3.12. The summed E-state index contributed by atoms with van der Waals surface area (Å²) in [4.78, 5) is 59.7. The number of carbonyl (C=O) groups excluding carboxylic acids is 2. The standard InChI is InChI=1S/C11H16N3O6P.C8H12N3O5P.C3H5ClO2/c1-8(15)5-19-21(17)7-18-9(6-20-21)4-14-3-2-10(12)13-11(14)16;9-7-1-2-11(8(12)10-7)3-6-4-16-17(13,14)5-15-6;1-3(5)6-2-4/h2-3,9H,4-7H2,1H3,(H2,12,13,16);1-2,6H,3-5H2,(H,13,14)(H2,9,10,12);2H2,1H3. The van der Waals surface area contributed by atoms with Gasteiger partial charge in [-0.05, 0) is 19.1 Å². The van der Waals surface area contributed by atoms with Crippen molar-refractivity contribution in [1.82, 2.24) is 19.1 Å². The molecule has 4 atom stereocenters. The van der Waals surface area contributed by atoms with Crippen molar-refractivity contribution in [3.8, 4) is 0 Å². The second-order valence-corrected chi connectivity index (χ2v) is 13.0. The largest absolute Gasteiger partial charge is 0.450 e. The lowest BCUT2D eigenvalue weighted by Crippen LogP contribution is -2.35. The molecular formula is C22H33ClN6O13P2. The number of halogens is 1. The molecule has 44 heavy (non-hydrogen) atoms. The van der Waals surface area contributed by atoms with Gasteiger partial charge < -0.3 is 39.6 Å². The summed E-state index contributed by atoms with van der Waals surface area (Å²) in [5.74, 6) is -0.313. The predicted molar refractivity (Wildman–Crippen MR) is 154 cm³/mol. The van der Waals surface area contributed by atoms with Gasteiger partial charge in [0.25, 0.3) is 0 Å². The summed E-state index contributed by atoms with van der Waals surface area (Å²) in [6.45, 7) is 2.69. The van der Waals surface area contributed by atoms with Crippen LogP contribution in [0.25, 0.3) is 0 Å². The van der Waals surface area contributed by atoms with Crippen molar-refractivity contribution in [2.24, 2.45) is 0 Å². The van der Waals surface area contributed by atoms with Crippen molar-refractivity contribution in [3.63, 3.8) is 0 Å². The molecule has 0 radical (unpaired) electrons.